The molecule has 0 aliphatic carbocycles. The number of carboxylic acids is 1. The molecule has 0 spiro atoms. The number of benzene rings is 2. The smallest absolute Gasteiger partial charge is 0.437 e. The van der Waals surface area contributed by atoms with Crippen molar-refractivity contribution in [2.75, 3.05) is 5.32 Å². The van der Waals surface area contributed by atoms with Crippen molar-refractivity contribution < 1.29 is 37.4 Å². The summed E-state index contributed by atoms with van der Waals surface area (Å²) in [5.74, 6) is -2.80. The van der Waals surface area contributed by atoms with E-state index < -0.39 is 41.5 Å². The second-order valence-electron chi connectivity index (χ2n) is 8.14. The summed E-state index contributed by atoms with van der Waals surface area (Å²) in [5, 5.41) is 26.2. The zero-order valence-corrected chi connectivity index (χ0v) is 19.0. The summed E-state index contributed by atoms with van der Waals surface area (Å²) in [7, 11) is 0. The number of carbonyl (C=O) groups is 2. The second kappa shape index (κ2) is 9.50. The first-order valence-corrected chi connectivity index (χ1v) is 10.7. The molecule has 4 aromatic rings. The molecule has 2 heterocycles. The molecule has 0 aliphatic rings. The Morgan fingerprint density at radius 2 is 1.81 bits per heavy atom. The highest BCUT2D eigenvalue weighted by Crippen LogP contribution is 2.38. The van der Waals surface area contributed by atoms with E-state index in [0.717, 1.165) is 22.9 Å². The summed E-state index contributed by atoms with van der Waals surface area (Å²) >= 11 is 0. The zero-order valence-electron chi connectivity index (χ0n) is 19.0. The lowest BCUT2D eigenvalue weighted by Crippen LogP contribution is -2.18. The maximum Gasteiger partial charge on any atom is 0.437 e. The summed E-state index contributed by atoms with van der Waals surface area (Å²) in [6, 6.07) is 9.99. The van der Waals surface area contributed by atoms with Gasteiger partial charge in [-0.25, -0.2) is 14.2 Å². The fourth-order valence-electron chi connectivity index (χ4n) is 3.79. The van der Waals surface area contributed by atoms with E-state index in [1.165, 1.54) is 37.3 Å². The van der Waals surface area contributed by atoms with E-state index in [0.29, 0.717) is 5.56 Å². The fourth-order valence-corrected chi connectivity index (χ4v) is 3.79. The zero-order chi connectivity index (χ0) is 27.1. The van der Waals surface area contributed by atoms with Gasteiger partial charge in [0.1, 0.15) is 11.5 Å². The minimum absolute atomic E-state index is 0.0159. The SMILES string of the molecule is Cc1c(NC(O)c2cc(C(N)=O)nc3cc(F)ccc23)c(C(F)(F)F)nn1Cc1ccc(C(=O)O)cc1. The number of rotatable bonds is 7. The van der Waals surface area contributed by atoms with E-state index >= 15 is 0 Å². The number of halogens is 4. The predicted octanol–water partition coefficient (Wildman–Crippen LogP) is 3.85. The maximum atomic E-state index is 13.9. The number of pyridine rings is 1. The lowest BCUT2D eigenvalue weighted by molar-refractivity contribution is -0.140. The van der Waals surface area contributed by atoms with Gasteiger partial charge in [-0.15, -0.1) is 0 Å². The molecule has 1 amide bonds. The topological polar surface area (TPSA) is 143 Å². The molecule has 5 N–H and O–H groups in total. The predicted molar refractivity (Wildman–Crippen MR) is 123 cm³/mol. The van der Waals surface area contributed by atoms with Crippen LogP contribution < -0.4 is 11.1 Å². The Labute approximate surface area is 206 Å². The number of alkyl halides is 3. The molecule has 1 unspecified atom stereocenters. The second-order valence-corrected chi connectivity index (χ2v) is 8.14. The molecule has 0 radical (unpaired) electrons. The molecule has 37 heavy (non-hydrogen) atoms. The molecule has 2 aromatic carbocycles. The normalized spacial score (nSPS) is 12.5. The molecule has 4 rings (SSSR count). The van der Waals surface area contributed by atoms with Crippen molar-refractivity contribution in [3.8, 4) is 0 Å². The Hall–Kier alpha value is -4.52. The van der Waals surface area contributed by atoms with Crippen LogP contribution in [0.25, 0.3) is 10.9 Å². The van der Waals surface area contributed by atoms with Gasteiger partial charge in [-0.05, 0) is 42.8 Å². The fraction of sp³-hybridized carbons (Fsp3) is 0.167. The Balaban J connectivity index is 1.74. The number of anilines is 1. The van der Waals surface area contributed by atoms with Crippen molar-refractivity contribution in [2.24, 2.45) is 5.73 Å². The van der Waals surface area contributed by atoms with Gasteiger partial charge in [0, 0.05) is 17.0 Å². The van der Waals surface area contributed by atoms with Crippen molar-refractivity contribution in [2.45, 2.75) is 25.9 Å². The molecule has 0 bridgehead atoms. The minimum atomic E-state index is -4.90. The van der Waals surface area contributed by atoms with Gasteiger partial charge >= 0.3 is 12.1 Å². The molecular formula is C24H19F4N5O4. The van der Waals surface area contributed by atoms with E-state index in [-0.39, 0.29) is 40.0 Å². The molecular weight excluding hydrogens is 498 g/mol. The number of nitrogens with one attached hydrogen (secondary N) is 1. The van der Waals surface area contributed by atoms with Crippen molar-refractivity contribution in [1.29, 1.82) is 0 Å². The van der Waals surface area contributed by atoms with Gasteiger partial charge in [-0.1, -0.05) is 12.1 Å². The number of aliphatic hydroxyl groups is 1. The Bertz CT molecular complexity index is 1520. The number of hydrogen-bond acceptors (Lipinski definition) is 6. The molecule has 0 fully saturated rings. The molecule has 2 aromatic heterocycles. The van der Waals surface area contributed by atoms with Crippen LogP contribution in [-0.4, -0.2) is 36.9 Å². The number of aliphatic hydroxyl groups excluding tert-OH is 1. The first kappa shape index (κ1) is 25.6. The Morgan fingerprint density at radius 3 is 2.41 bits per heavy atom. The van der Waals surface area contributed by atoms with Crippen LogP contribution >= 0.6 is 0 Å². The largest absolute Gasteiger partial charge is 0.478 e. The third kappa shape index (κ3) is 5.21. The van der Waals surface area contributed by atoms with Crippen LogP contribution in [0.3, 0.4) is 0 Å². The summed E-state index contributed by atoms with van der Waals surface area (Å²) in [4.78, 5) is 26.7. The number of fused-ring (bicyclic) bond motifs is 1. The van der Waals surface area contributed by atoms with Crippen molar-refractivity contribution >= 4 is 28.5 Å². The van der Waals surface area contributed by atoms with Gasteiger partial charge in [-0.2, -0.15) is 18.3 Å². The molecule has 9 nitrogen and oxygen atoms in total. The lowest BCUT2D eigenvalue weighted by atomic mass is 10.1. The lowest BCUT2D eigenvalue weighted by Gasteiger charge is -2.18. The maximum absolute atomic E-state index is 13.9. The van der Waals surface area contributed by atoms with Crippen molar-refractivity contribution in [1.82, 2.24) is 14.8 Å². The highest BCUT2D eigenvalue weighted by atomic mass is 19.4. The molecule has 0 saturated heterocycles. The number of amides is 1. The van der Waals surface area contributed by atoms with Gasteiger partial charge in [0.2, 0.25) is 0 Å². The number of aromatic carboxylic acids is 1. The minimum Gasteiger partial charge on any atom is -0.478 e. The molecule has 0 saturated carbocycles. The van der Waals surface area contributed by atoms with Crippen molar-refractivity contribution in [3.63, 3.8) is 0 Å². The van der Waals surface area contributed by atoms with Crippen LogP contribution in [-0.2, 0) is 12.7 Å². The van der Waals surface area contributed by atoms with E-state index in [2.05, 4.69) is 15.4 Å². The van der Waals surface area contributed by atoms with E-state index in [1.807, 2.05) is 0 Å². The van der Waals surface area contributed by atoms with Crippen LogP contribution in [0.2, 0.25) is 0 Å². The standard InChI is InChI=1S/C24H19F4N5O4/c1-11-19(20(24(26,27)28)32-33(11)10-12-2-4-13(5-3-12)23(36)37)31-22(35)16-9-18(21(29)34)30-17-8-14(25)6-7-15(16)17/h2-9,22,31,35H,10H2,1H3,(H2,29,34)(H,36,37). The van der Waals surface area contributed by atoms with Gasteiger partial charge < -0.3 is 21.3 Å². The van der Waals surface area contributed by atoms with Crippen LogP contribution in [0.5, 0.6) is 0 Å². The number of hydrogen-bond donors (Lipinski definition) is 4. The van der Waals surface area contributed by atoms with Crippen LogP contribution in [0.15, 0.2) is 48.5 Å². The summed E-state index contributed by atoms with van der Waals surface area (Å²) in [6.45, 7) is 1.24. The van der Waals surface area contributed by atoms with Gasteiger partial charge in [-0.3, -0.25) is 9.48 Å². The van der Waals surface area contributed by atoms with E-state index in [9.17, 15) is 32.3 Å². The van der Waals surface area contributed by atoms with Crippen molar-refractivity contribution in [3.05, 3.63) is 88.1 Å². The Morgan fingerprint density at radius 1 is 1.14 bits per heavy atom. The quantitative estimate of drug-likeness (QED) is 0.215. The molecule has 0 aliphatic heterocycles. The molecule has 1 atom stereocenters. The number of aromatic nitrogens is 3. The number of carbonyl (C=O) groups excluding carboxylic acids is 1. The van der Waals surface area contributed by atoms with Gasteiger partial charge in [0.25, 0.3) is 5.91 Å². The number of nitrogens with two attached hydrogens (primary N) is 1. The number of primary amides is 1. The Kier molecular flexibility index (Phi) is 6.57. The average Bonchev–Trinajstić information content (AvgIpc) is 3.13. The average molecular weight is 517 g/mol. The summed E-state index contributed by atoms with van der Waals surface area (Å²) in [6.07, 6.45) is -6.69. The molecule has 13 heteroatoms. The summed E-state index contributed by atoms with van der Waals surface area (Å²) < 4.78 is 56.4. The van der Waals surface area contributed by atoms with Gasteiger partial charge in [0.15, 0.2) is 11.9 Å². The van der Waals surface area contributed by atoms with E-state index in [4.69, 9.17) is 10.8 Å². The number of carboxylic acid groups (broad SMARTS) is 1. The van der Waals surface area contributed by atoms with E-state index in [1.54, 1.807) is 0 Å². The first-order valence-electron chi connectivity index (χ1n) is 10.7. The van der Waals surface area contributed by atoms with Crippen LogP contribution in [0.4, 0.5) is 23.2 Å². The number of nitrogens with zero attached hydrogens (tertiary/aromatic N) is 3. The highest BCUT2D eigenvalue weighted by Gasteiger charge is 2.39. The van der Waals surface area contributed by atoms with Crippen LogP contribution in [0.1, 0.15) is 49.6 Å². The molecule has 192 valence electrons. The first-order chi connectivity index (χ1) is 17.3. The third-order valence-corrected chi connectivity index (χ3v) is 5.64. The summed E-state index contributed by atoms with van der Waals surface area (Å²) in [5.41, 5.74) is 3.59. The van der Waals surface area contributed by atoms with Crippen LogP contribution in [0, 0.1) is 12.7 Å². The monoisotopic (exact) mass is 517 g/mol. The van der Waals surface area contributed by atoms with Gasteiger partial charge in [0.05, 0.1) is 29.0 Å². The highest BCUT2D eigenvalue weighted by molar-refractivity contribution is 5.95. The third-order valence-electron chi connectivity index (χ3n) is 5.64.